The average molecular weight is 470 g/mol. The molecule has 2 aromatic heterocycles. The molecule has 1 aromatic carbocycles. The van der Waals surface area contributed by atoms with E-state index in [1.807, 2.05) is 0 Å². The van der Waals surface area contributed by atoms with Crippen molar-refractivity contribution >= 4 is 11.6 Å². The van der Waals surface area contributed by atoms with Crippen molar-refractivity contribution in [3.63, 3.8) is 0 Å². The molecule has 0 aliphatic carbocycles. The van der Waals surface area contributed by atoms with Gasteiger partial charge in [-0.1, -0.05) is 13.0 Å². The first-order valence-electron chi connectivity index (χ1n) is 9.88. The molecule has 12 heteroatoms. The molecular weight excluding hydrogens is 448 g/mol. The van der Waals surface area contributed by atoms with Gasteiger partial charge in [-0.25, -0.2) is 9.37 Å². The van der Waals surface area contributed by atoms with Gasteiger partial charge in [0.05, 0.1) is 11.6 Å². The summed E-state index contributed by atoms with van der Waals surface area (Å²) < 4.78 is 57.7. The van der Waals surface area contributed by atoms with Crippen LogP contribution >= 0.6 is 0 Å². The Kier molecular flexibility index (Phi) is 6.25. The summed E-state index contributed by atoms with van der Waals surface area (Å²) in [5.74, 6) is -3.09. The number of halogens is 4. The summed E-state index contributed by atoms with van der Waals surface area (Å²) in [7, 11) is 1.54. The first-order valence-corrected chi connectivity index (χ1v) is 9.88. The number of alkyl halides is 3. The minimum absolute atomic E-state index is 0.00230. The molecular formula is C21H22F4N4O4. The van der Waals surface area contributed by atoms with Gasteiger partial charge in [0, 0.05) is 25.0 Å². The number of carbonyl (C=O) groups is 1. The Bertz CT molecular complexity index is 1260. The van der Waals surface area contributed by atoms with Crippen LogP contribution in [0.3, 0.4) is 0 Å². The SMILES string of the molecule is CCc1cc(=O)n2c(n1)c(C(=O)N[C@@H](c1ccc(OC(F)(F)F)c(F)c1)C(C)(C)O)cn2C. The second-order valence-corrected chi connectivity index (χ2v) is 7.99. The number of aromatic nitrogens is 3. The molecule has 2 N–H and O–H groups in total. The lowest BCUT2D eigenvalue weighted by Gasteiger charge is -2.30. The topological polar surface area (TPSA) is 97.9 Å². The van der Waals surface area contributed by atoms with Gasteiger partial charge in [0.1, 0.15) is 5.56 Å². The summed E-state index contributed by atoms with van der Waals surface area (Å²) in [5.41, 5.74) is -1.44. The summed E-state index contributed by atoms with van der Waals surface area (Å²) in [4.78, 5) is 29.8. The van der Waals surface area contributed by atoms with Crippen LogP contribution in [0.25, 0.3) is 5.65 Å². The van der Waals surface area contributed by atoms with Gasteiger partial charge in [-0.3, -0.25) is 14.3 Å². The molecule has 2 heterocycles. The van der Waals surface area contributed by atoms with Crippen LogP contribution in [0, 0.1) is 5.82 Å². The predicted molar refractivity (Wildman–Crippen MR) is 109 cm³/mol. The molecule has 178 valence electrons. The summed E-state index contributed by atoms with van der Waals surface area (Å²) in [6, 6.07) is 2.73. The van der Waals surface area contributed by atoms with Crippen molar-refractivity contribution in [2.45, 2.75) is 45.2 Å². The highest BCUT2D eigenvalue weighted by Gasteiger charge is 2.35. The van der Waals surface area contributed by atoms with E-state index in [9.17, 15) is 32.3 Å². The maximum Gasteiger partial charge on any atom is 0.573 e. The lowest BCUT2D eigenvalue weighted by Crippen LogP contribution is -2.42. The van der Waals surface area contributed by atoms with E-state index in [-0.39, 0.29) is 22.3 Å². The minimum atomic E-state index is -5.08. The van der Waals surface area contributed by atoms with E-state index in [4.69, 9.17) is 0 Å². The van der Waals surface area contributed by atoms with E-state index in [2.05, 4.69) is 15.0 Å². The van der Waals surface area contributed by atoms with E-state index >= 15 is 0 Å². The largest absolute Gasteiger partial charge is 0.573 e. The second kappa shape index (κ2) is 8.50. The zero-order chi connectivity index (χ0) is 24.7. The third kappa shape index (κ3) is 5.16. The Hall–Kier alpha value is -3.41. The van der Waals surface area contributed by atoms with Gasteiger partial charge in [-0.05, 0) is 38.0 Å². The lowest BCUT2D eigenvalue weighted by atomic mass is 9.91. The number of aliphatic hydroxyl groups is 1. The highest BCUT2D eigenvalue weighted by molar-refractivity contribution is 6.00. The molecule has 3 rings (SSSR count). The molecule has 1 amide bonds. The first kappa shape index (κ1) is 24.2. The fourth-order valence-electron chi connectivity index (χ4n) is 3.43. The molecule has 0 fully saturated rings. The summed E-state index contributed by atoms with van der Waals surface area (Å²) in [6.07, 6.45) is -3.25. The number of ether oxygens (including phenoxy) is 1. The Labute approximate surface area is 185 Å². The smallest absolute Gasteiger partial charge is 0.403 e. The molecule has 0 unspecified atom stereocenters. The van der Waals surface area contributed by atoms with E-state index < -0.39 is 35.5 Å². The molecule has 0 saturated carbocycles. The predicted octanol–water partition coefficient (Wildman–Crippen LogP) is 2.88. The van der Waals surface area contributed by atoms with Crippen LogP contribution in [-0.4, -0.2) is 37.2 Å². The maximum absolute atomic E-state index is 14.3. The van der Waals surface area contributed by atoms with E-state index in [0.29, 0.717) is 12.1 Å². The van der Waals surface area contributed by atoms with Crippen LogP contribution in [-0.2, 0) is 13.5 Å². The third-order valence-electron chi connectivity index (χ3n) is 4.92. The van der Waals surface area contributed by atoms with E-state index in [1.165, 1.54) is 35.3 Å². The van der Waals surface area contributed by atoms with Crippen molar-refractivity contribution in [2.24, 2.45) is 7.05 Å². The number of aryl methyl sites for hydroxylation is 2. The average Bonchev–Trinajstić information content (AvgIpc) is 3.02. The number of hydrogen-bond acceptors (Lipinski definition) is 5. The van der Waals surface area contributed by atoms with Crippen LogP contribution in [0.1, 0.15) is 48.4 Å². The van der Waals surface area contributed by atoms with Gasteiger partial charge >= 0.3 is 6.36 Å². The lowest BCUT2D eigenvalue weighted by molar-refractivity contribution is -0.275. The molecule has 1 atom stereocenters. The van der Waals surface area contributed by atoms with Crippen molar-refractivity contribution < 1.29 is 32.2 Å². The van der Waals surface area contributed by atoms with Crippen LogP contribution in [0.15, 0.2) is 35.3 Å². The Morgan fingerprint density at radius 1 is 1.27 bits per heavy atom. The normalized spacial score (nSPS) is 13.2. The molecule has 0 spiro atoms. The van der Waals surface area contributed by atoms with Crippen molar-refractivity contribution in [1.29, 1.82) is 0 Å². The summed E-state index contributed by atoms with van der Waals surface area (Å²) in [5, 5.41) is 13.2. The Balaban J connectivity index is 2.00. The van der Waals surface area contributed by atoms with Crippen LogP contribution < -0.4 is 15.6 Å². The molecule has 33 heavy (non-hydrogen) atoms. The number of hydrogen-bond donors (Lipinski definition) is 2. The minimum Gasteiger partial charge on any atom is -0.403 e. The number of benzene rings is 1. The Morgan fingerprint density at radius 2 is 1.94 bits per heavy atom. The van der Waals surface area contributed by atoms with Crippen LogP contribution in [0.4, 0.5) is 17.6 Å². The quantitative estimate of drug-likeness (QED) is 0.540. The number of amides is 1. The zero-order valence-electron chi connectivity index (χ0n) is 18.2. The monoisotopic (exact) mass is 470 g/mol. The number of nitrogens with one attached hydrogen (secondary N) is 1. The molecule has 0 aliphatic rings. The molecule has 0 aliphatic heterocycles. The maximum atomic E-state index is 14.3. The van der Waals surface area contributed by atoms with E-state index in [0.717, 1.165) is 18.2 Å². The second-order valence-electron chi connectivity index (χ2n) is 7.99. The third-order valence-corrected chi connectivity index (χ3v) is 4.92. The van der Waals surface area contributed by atoms with Crippen LogP contribution in [0.5, 0.6) is 5.75 Å². The van der Waals surface area contributed by atoms with Gasteiger partial charge in [0.2, 0.25) is 0 Å². The van der Waals surface area contributed by atoms with Crippen molar-refractivity contribution in [3.8, 4) is 5.75 Å². The van der Waals surface area contributed by atoms with Crippen LogP contribution in [0.2, 0.25) is 0 Å². The van der Waals surface area contributed by atoms with Gasteiger partial charge in [0.25, 0.3) is 11.5 Å². The van der Waals surface area contributed by atoms with Gasteiger partial charge < -0.3 is 15.2 Å². The molecule has 0 saturated heterocycles. The zero-order valence-corrected chi connectivity index (χ0v) is 18.2. The fraction of sp³-hybridized carbons (Fsp3) is 0.381. The standard InChI is InChI=1S/C21H22F4N4O4/c1-5-12-9-16(30)29-18(26-12)13(10-28(29)4)19(31)27-17(20(2,3)32)11-6-7-15(14(22)8-11)33-21(23,24)25/h6-10,17,32H,5H2,1-4H3,(H,27,31)/t17-/m0/s1. The van der Waals surface area contributed by atoms with Gasteiger partial charge in [-0.2, -0.15) is 4.52 Å². The molecule has 0 bridgehead atoms. The van der Waals surface area contributed by atoms with Crippen molar-refractivity contribution in [3.05, 3.63) is 63.5 Å². The number of fused-ring (bicyclic) bond motifs is 1. The first-order chi connectivity index (χ1) is 15.2. The Morgan fingerprint density at radius 3 is 2.48 bits per heavy atom. The summed E-state index contributed by atoms with van der Waals surface area (Å²) in [6.45, 7) is 4.49. The molecule has 3 aromatic rings. The molecule has 8 nitrogen and oxygen atoms in total. The van der Waals surface area contributed by atoms with E-state index in [1.54, 1.807) is 14.0 Å². The summed E-state index contributed by atoms with van der Waals surface area (Å²) >= 11 is 0. The fourth-order valence-corrected chi connectivity index (χ4v) is 3.43. The van der Waals surface area contributed by atoms with Crippen molar-refractivity contribution in [1.82, 2.24) is 19.5 Å². The highest BCUT2D eigenvalue weighted by Crippen LogP contribution is 2.31. The van der Waals surface area contributed by atoms with Gasteiger partial charge in [-0.15, -0.1) is 13.2 Å². The number of carbonyl (C=O) groups excluding carboxylic acids is 1. The molecule has 0 radical (unpaired) electrons. The van der Waals surface area contributed by atoms with Gasteiger partial charge in [0.15, 0.2) is 17.2 Å². The highest BCUT2D eigenvalue weighted by atomic mass is 19.4. The van der Waals surface area contributed by atoms with Crippen molar-refractivity contribution in [2.75, 3.05) is 0 Å². The number of rotatable bonds is 6. The number of nitrogens with zero attached hydrogens (tertiary/aromatic N) is 3.